The lowest BCUT2D eigenvalue weighted by atomic mass is 9.65. The summed E-state index contributed by atoms with van der Waals surface area (Å²) in [7, 11) is 3.51. The number of carbonyl (C=O) groups is 1. The molecule has 1 amide bonds. The maximum Gasteiger partial charge on any atom is 0.222 e. The zero-order valence-corrected chi connectivity index (χ0v) is 14.6. The van der Waals surface area contributed by atoms with Crippen molar-refractivity contribution in [1.82, 2.24) is 4.90 Å². The van der Waals surface area contributed by atoms with Crippen LogP contribution in [-0.2, 0) is 10.2 Å². The van der Waals surface area contributed by atoms with Gasteiger partial charge in [0.25, 0.3) is 0 Å². The molecule has 0 heterocycles. The van der Waals surface area contributed by atoms with E-state index in [0.29, 0.717) is 12.8 Å². The van der Waals surface area contributed by atoms with Crippen LogP contribution in [0.5, 0.6) is 0 Å². The summed E-state index contributed by atoms with van der Waals surface area (Å²) in [5.74, 6) is -0.154. The summed E-state index contributed by atoms with van der Waals surface area (Å²) in [6, 6.07) is 22.3. The molecule has 0 spiro atoms. The van der Waals surface area contributed by atoms with Crippen LogP contribution in [0.4, 0.5) is 0 Å². The van der Waals surface area contributed by atoms with Crippen molar-refractivity contribution in [3.63, 3.8) is 0 Å². The summed E-state index contributed by atoms with van der Waals surface area (Å²) in [5.41, 5.74) is 1.27. The van der Waals surface area contributed by atoms with Crippen molar-refractivity contribution in [2.24, 2.45) is 0 Å². The minimum Gasteiger partial charge on any atom is -0.349 e. The number of hydrogen-bond donors (Lipinski definition) is 0. The molecule has 124 valence electrons. The van der Waals surface area contributed by atoms with E-state index < -0.39 is 5.41 Å². The molecule has 0 saturated carbocycles. The second-order valence-corrected chi connectivity index (χ2v) is 6.26. The van der Waals surface area contributed by atoms with Gasteiger partial charge < -0.3 is 4.90 Å². The highest BCUT2D eigenvalue weighted by Crippen LogP contribution is 2.43. The van der Waals surface area contributed by atoms with E-state index in [4.69, 9.17) is 0 Å². The molecule has 0 aromatic heterocycles. The van der Waals surface area contributed by atoms with Gasteiger partial charge in [-0.3, -0.25) is 4.79 Å². The maximum absolute atomic E-state index is 12.5. The molecule has 2 aromatic carbocycles. The van der Waals surface area contributed by atoms with Crippen LogP contribution >= 0.6 is 0 Å². The van der Waals surface area contributed by atoms with Crippen molar-refractivity contribution in [2.45, 2.75) is 31.1 Å². The minimum absolute atomic E-state index is 0.0351. The lowest BCUT2D eigenvalue weighted by Crippen LogP contribution is -2.35. The van der Waals surface area contributed by atoms with E-state index >= 15 is 0 Å². The normalized spacial score (nSPS) is 14.2. The van der Waals surface area contributed by atoms with Gasteiger partial charge in [-0.1, -0.05) is 67.6 Å². The van der Waals surface area contributed by atoms with E-state index in [1.165, 1.54) is 0 Å². The van der Waals surface area contributed by atoms with Crippen LogP contribution in [0.2, 0.25) is 0 Å². The molecule has 0 aliphatic heterocycles. The Kier molecular flexibility index (Phi) is 5.76. The first kappa shape index (κ1) is 17.7. The summed E-state index contributed by atoms with van der Waals surface area (Å²) >= 11 is 0. The zero-order chi connectivity index (χ0) is 17.6. The zero-order valence-electron chi connectivity index (χ0n) is 14.6. The van der Waals surface area contributed by atoms with E-state index in [1.807, 2.05) is 67.6 Å². The molecule has 2 aromatic rings. The molecule has 3 heteroatoms. The fourth-order valence-electron chi connectivity index (χ4n) is 3.23. The summed E-state index contributed by atoms with van der Waals surface area (Å²) in [6.07, 6.45) is 0.959. The second-order valence-electron chi connectivity index (χ2n) is 6.26. The van der Waals surface area contributed by atoms with Crippen LogP contribution in [0.25, 0.3) is 0 Å². The van der Waals surface area contributed by atoms with Gasteiger partial charge in [-0.2, -0.15) is 5.26 Å². The summed E-state index contributed by atoms with van der Waals surface area (Å²) in [4.78, 5) is 14.0. The monoisotopic (exact) mass is 320 g/mol. The molecule has 3 nitrogen and oxygen atoms in total. The molecule has 0 aliphatic carbocycles. The topological polar surface area (TPSA) is 44.1 Å². The van der Waals surface area contributed by atoms with Crippen LogP contribution in [0.1, 0.15) is 36.8 Å². The van der Waals surface area contributed by atoms with Crippen molar-refractivity contribution in [3.05, 3.63) is 71.8 Å². The first-order chi connectivity index (χ1) is 11.5. The summed E-state index contributed by atoms with van der Waals surface area (Å²) in [5, 5.41) is 10.1. The molecule has 0 bridgehead atoms. The molecule has 0 aliphatic rings. The molecule has 0 unspecified atom stereocenters. The number of nitriles is 1. The Hall–Kier alpha value is -2.60. The van der Waals surface area contributed by atoms with Crippen molar-refractivity contribution in [2.75, 3.05) is 14.1 Å². The highest BCUT2D eigenvalue weighted by Gasteiger charge is 2.41. The fraction of sp³-hybridized carbons (Fsp3) is 0.333. The first-order valence-electron chi connectivity index (χ1n) is 8.27. The van der Waals surface area contributed by atoms with Crippen molar-refractivity contribution < 1.29 is 4.79 Å². The second kappa shape index (κ2) is 7.79. The fourth-order valence-corrected chi connectivity index (χ4v) is 3.23. The van der Waals surface area contributed by atoms with Crippen molar-refractivity contribution >= 4 is 5.91 Å². The van der Waals surface area contributed by atoms with Crippen LogP contribution in [0.3, 0.4) is 0 Å². The Bertz CT molecular complexity index is 704. The largest absolute Gasteiger partial charge is 0.349 e. The minimum atomic E-state index is -0.728. The lowest BCUT2D eigenvalue weighted by molar-refractivity contribution is -0.129. The Labute approximate surface area is 144 Å². The van der Waals surface area contributed by atoms with E-state index in [1.54, 1.807) is 19.0 Å². The third-order valence-electron chi connectivity index (χ3n) is 4.72. The Morgan fingerprint density at radius 2 is 1.62 bits per heavy atom. The van der Waals surface area contributed by atoms with Gasteiger partial charge in [0.15, 0.2) is 0 Å². The molecule has 0 fully saturated rings. The molecule has 2 atom stereocenters. The summed E-state index contributed by atoms with van der Waals surface area (Å²) < 4.78 is 0. The van der Waals surface area contributed by atoms with Gasteiger partial charge in [-0.25, -0.2) is 0 Å². The predicted octanol–water partition coefficient (Wildman–Crippen LogP) is 4.12. The van der Waals surface area contributed by atoms with Gasteiger partial charge in [0.05, 0.1) is 11.5 Å². The van der Waals surface area contributed by atoms with E-state index in [2.05, 4.69) is 6.07 Å². The standard InChI is InChI=1S/C21H24N2O/c1-4-21(16-22,18-13-9-6-10-14-18)19(15-20(24)23(2)3)17-11-7-5-8-12-17/h5-14,19H,4,15H2,1-3H3/t19-,21+/m1/s1. The molecule has 0 N–H and O–H groups in total. The third kappa shape index (κ3) is 3.49. The third-order valence-corrected chi connectivity index (χ3v) is 4.72. The predicted molar refractivity (Wildman–Crippen MR) is 96.5 cm³/mol. The van der Waals surface area contributed by atoms with Crippen molar-refractivity contribution in [1.29, 1.82) is 5.26 Å². The molecular formula is C21H24N2O. The number of amides is 1. The van der Waals surface area contributed by atoms with E-state index in [0.717, 1.165) is 11.1 Å². The van der Waals surface area contributed by atoms with Gasteiger partial charge in [0, 0.05) is 26.4 Å². The molecule has 24 heavy (non-hydrogen) atoms. The molecule has 2 rings (SSSR count). The van der Waals surface area contributed by atoms with Crippen LogP contribution in [0, 0.1) is 11.3 Å². The maximum atomic E-state index is 12.5. The molecular weight excluding hydrogens is 296 g/mol. The molecule has 0 radical (unpaired) electrons. The smallest absolute Gasteiger partial charge is 0.222 e. The summed E-state index contributed by atoms with van der Waals surface area (Å²) in [6.45, 7) is 2.02. The number of rotatable bonds is 6. The quantitative estimate of drug-likeness (QED) is 0.803. The Balaban J connectivity index is 2.58. The number of benzene rings is 2. The van der Waals surface area contributed by atoms with Gasteiger partial charge in [-0.05, 0) is 17.5 Å². The van der Waals surface area contributed by atoms with Crippen LogP contribution in [0.15, 0.2) is 60.7 Å². The van der Waals surface area contributed by atoms with Gasteiger partial charge in [0.2, 0.25) is 5.91 Å². The Morgan fingerprint density at radius 3 is 2.08 bits per heavy atom. The average Bonchev–Trinajstić information content (AvgIpc) is 2.63. The van der Waals surface area contributed by atoms with E-state index in [9.17, 15) is 10.1 Å². The van der Waals surface area contributed by atoms with Gasteiger partial charge in [-0.15, -0.1) is 0 Å². The number of hydrogen-bond acceptors (Lipinski definition) is 2. The average molecular weight is 320 g/mol. The Morgan fingerprint density at radius 1 is 1.08 bits per heavy atom. The van der Waals surface area contributed by atoms with Gasteiger partial charge in [0.1, 0.15) is 0 Å². The number of nitrogens with zero attached hydrogens (tertiary/aromatic N) is 2. The number of carbonyl (C=O) groups excluding carboxylic acids is 1. The SMILES string of the molecule is CC[C@](C#N)(c1ccccc1)[C@H](CC(=O)N(C)C)c1ccccc1. The first-order valence-corrected chi connectivity index (χ1v) is 8.27. The molecule has 0 saturated heterocycles. The van der Waals surface area contributed by atoms with Gasteiger partial charge >= 0.3 is 0 Å². The van der Waals surface area contributed by atoms with E-state index in [-0.39, 0.29) is 11.8 Å². The highest BCUT2D eigenvalue weighted by molar-refractivity contribution is 5.77. The van der Waals surface area contributed by atoms with Crippen LogP contribution in [-0.4, -0.2) is 24.9 Å². The highest BCUT2D eigenvalue weighted by atomic mass is 16.2. The van der Waals surface area contributed by atoms with Crippen molar-refractivity contribution in [3.8, 4) is 6.07 Å². The van der Waals surface area contributed by atoms with Crippen LogP contribution < -0.4 is 0 Å². The lowest BCUT2D eigenvalue weighted by Gasteiger charge is -2.35.